The lowest BCUT2D eigenvalue weighted by molar-refractivity contribution is -0.138. The van der Waals surface area contributed by atoms with E-state index in [1.807, 2.05) is 31.1 Å². The Bertz CT molecular complexity index is 2010. The number of H-pyrrole nitrogens is 1. The van der Waals surface area contributed by atoms with Crippen molar-refractivity contribution in [1.29, 1.82) is 0 Å². The van der Waals surface area contributed by atoms with Crippen LogP contribution in [-0.4, -0.2) is 80.3 Å². The van der Waals surface area contributed by atoms with E-state index in [1.165, 1.54) is 12.1 Å². The Morgan fingerprint density at radius 1 is 1.06 bits per heavy atom. The zero-order valence-corrected chi connectivity index (χ0v) is 27.3. The number of nitrogens with one attached hydrogen (secondary N) is 2. The number of fused-ring (bicyclic) bond motifs is 2. The average Bonchev–Trinajstić information content (AvgIpc) is 3.70. The second kappa shape index (κ2) is 12.8. The molecule has 1 atom stereocenters. The molecule has 2 aliphatic heterocycles. The third-order valence-electron chi connectivity index (χ3n) is 9.25. The summed E-state index contributed by atoms with van der Waals surface area (Å²) in [7, 11) is 3.80. The predicted octanol–water partition coefficient (Wildman–Crippen LogP) is 6.81. The van der Waals surface area contributed by atoms with Crippen LogP contribution in [0.4, 0.5) is 28.0 Å². The number of anilines is 1. The number of urea groups is 1. The highest BCUT2D eigenvalue weighted by Crippen LogP contribution is 2.38. The number of carbonyl (C=O) groups excluding carboxylic acids is 1. The normalized spacial score (nSPS) is 17.4. The van der Waals surface area contributed by atoms with E-state index in [9.17, 15) is 18.0 Å². The van der Waals surface area contributed by atoms with Gasteiger partial charge < -0.3 is 24.8 Å². The Balaban J connectivity index is 1.08. The molecule has 2 amide bonds. The molecule has 0 spiro atoms. The fourth-order valence-corrected chi connectivity index (χ4v) is 6.59. The maximum absolute atomic E-state index is 15.1. The molecule has 2 aromatic carbocycles. The van der Waals surface area contributed by atoms with Crippen LogP contribution in [0.1, 0.15) is 35.1 Å². The van der Waals surface area contributed by atoms with E-state index < -0.39 is 23.6 Å². The predicted molar refractivity (Wildman–Crippen MR) is 177 cm³/mol. The minimum Gasteiger partial charge on any atom is -0.453 e. The van der Waals surface area contributed by atoms with Gasteiger partial charge in [0, 0.05) is 70.3 Å². The summed E-state index contributed by atoms with van der Waals surface area (Å²) < 4.78 is 65.3. The third kappa shape index (κ3) is 6.83. The topological polar surface area (TPSA) is 94.6 Å². The molecule has 256 valence electrons. The summed E-state index contributed by atoms with van der Waals surface area (Å²) in [5.74, 6) is -0.318. The molecule has 7 rings (SSSR count). The molecule has 0 radical (unpaired) electrons. The molecule has 2 N–H and O–H groups in total. The molecular weight excluding hydrogens is 640 g/mol. The Morgan fingerprint density at radius 3 is 2.59 bits per heavy atom. The van der Waals surface area contributed by atoms with Gasteiger partial charge in [0.05, 0.1) is 29.0 Å². The molecule has 49 heavy (non-hydrogen) atoms. The van der Waals surface area contributed by atoms with Crippen LogP contribution in [0.25, 0.3) is 22.3 Å². The standard InChI is InChI=1S/C35H36F4N8O2/c1-21-17-47(34(48)42-25-5-4-22(29(13-25)35(37,38)39)19-46-10-8-44(2)9-11-46)20-23-12-26(6-7-27(21)23)49-32-28-14-31(24-15-41-45(3)18-24)43-33(28)40-16-30(32)36/h4-7,12-16,18,21H,8-11,17,19-20H2,1-3H3,(H,40,43)(H,42,48)/t21-/m0/s1. The van der Waals surface area contributed by atoms with Crippen molar-refractivity contribution in [3.8, 4) is 22.8 Å². The number of hydrogen-bond acceptors (Lipinski definition) is 6. The van der Waals surface area contributed by atoms with Gasteiger partial charge in [-0.15, -0.1) is 0 Å². The Hall–Kier alpha value is -4.95. The summed E-state index contributed by atoms with van der Waals surface area (Å²) in [6, 6.07) is 10.7. The van der Waals surface area contributed by atoms with Gasteiger partial charge in [0.2, 0.25) is 0 Å². The van der Waals surface area contributed by atoms with E-state index in [-0.39, 0.29) is 36.0 Å². The van der Waals surface area contributed by atoms with Gasteiger partial charge in [0.15, 0.2) is 11.6 Å². The van der Waals surface area contributed by atoms with Crippen LogP contribution < -0.4 is 10.1 Å². The van der Waals surface area contributed by atoms with Crippen molar-refractivity contribution < 1.29 is 27.1 Å². The lowest BCUT2D eigenvalue weighted by atomic mass is 9.91. The summed E-state index contributed by atoms with van der Waals surface area (Å²) >= 11 is 0. The number of rotatable bonds is 6. The number of piperazine rings is 1. The molecule has 2 aliphatic rings. The highest BCUT2D eigenvalue weighted by Gasteiger charge is 2.35. The summed E-state index contributed by atoms with van der Waals surface area (Å²) in [5, 5.41) is 7.33. The van der Waals surface area contributed by atoms with Gasteiger partial charge in [-0.05, 0) is 60.0 Å². The number of carbonyl (C=O) groups is 1. The number of halogens is 4. The highest BCUT2D eigenvalue weighted by atomic mass is 19.4. The van der Waals surface area contributed by atoms with Crippen molar-refractivity contribution >= 4 is 22.8 Å². The second-order valence-electron chi connectivity index (χ2n) is 12.9. The van der Waals surface area contributed by atoms with E-state index >= 15 is 4.39 Å². The second-order valence-corrected chi connectivity index (χ2v) is 12.9. The van der Waals surface area contributed by atoms with Crippen LogP contribution in [0.5, 0.6) is 11.5 Å². The molecule has 0 saturated carbocycles. The van der Waals surface area contributed by atoms with E-state index in [1.54, 1.807) is 41.0 Å². The van der Waals surface area contributed by atoms with Crippen molar-refractivity contribution in [3.05, 3.63) is 89.1 Å². The smallest absolute Gasteiger partial charge is 0.416 e. The minimum atomic E-state index is -4.57. The molecule has 14 heteroatoms. The number of hydrogen-bond donors (Lipinski definition) is 2. The van der Waals surface area contributed by atoms with Crippen LogP contribution in [-0.2, 0) is 26.3 Å². The zero-order chi connectivity index (χ0) is 34.4. The van der Waals surface area contributed by atoms with Crippen molar-refractivity contribution in [1.82, 2.24) is 34.4 Å². The van der Waals surface area contributed by atoms with E-state index in [4.69, 9.17) is 4.74 Å². The van der Waals surface area contributed by atoms with Gasteiger partial charge in [0.25, 0.3) is 0 Å². The molecule has 3 aromatic heterocycles. The van der Waals surface area contributed by atoms with Crippen LogP contribution in [0.3, 0.4) is 0 Å². The Morgan fingerprint density at radius 2 is 1.86 bits per heavy atom. The molecule has 1 saturated heterocycles. The zero-order valence-electron chi connectivity index (χ0n) is 27.3. The first kappa shape index (κ1) is 32.6. The molecule has 5 heterocycles. The lowest BCUT2D eigenvalue weighted by Crippen LogP contribution is -2.44. The van der Waals surface area contributed by atoms with Gasteiger partial charge in [-0.3, -0.25) is 9.58 Å². The SMILES string of the molecule is C[C@H]1CN(C(=O)Nc2ccc(CN3CCN(C)CC3)c(C(F)(F)F)c2)Cc2cc(Oc3c(F)cnc4[nH]c(-c5cnn(C)c5)cc34)ccc21. The fraction of sp³-hybridized carbons (Fsp3) is 0.343. The lowest BCUT2D eigenvalue weighted by Gasteiger charge is -2.34. The van der Waals surface area contributed by atoms with Crippen LogP contribution in [0.2, 0.25) is 0 Å². The van der Waals surface area contributed by atoms with Crippen molar-refractivity contribution in [2.75, 3.05) is 45.1 Å². The number of alkyl halides is 3. The molecular formula is C35H36F4N8O2. The molecule has 0 unspecified atom stereocenters. The number of likely N-dealkylation sites (N-methyl/N-ethyl adjacent to an activating group) is 1. The minimum absolute atomic E-state index is 0.00587. The van der Waals surface area contributed by atoms with Crippen molar-refractivity contribution in [2.24, 2.45) is 7.05 Å². The Kier molecular flexibility index (Phi) is 8.53. The summed E-state index contributed by atoms with van der Waals surface area (Å²) in [4.78, 5) is 26.5. The van der Waals surface area contributed by atoms with Crippen LogP contribution in [0.15, 0.2) is 61.1 Å². The summed E-state index contributed by atoms with van der Waals surface area (Å²) in [6.07, 6.45) is 0.0388. The molecule has 5 aromatic rings. The number of aromatic amines is 1. The summed E-state index contributed by atoms with van der Waals surface area (Å²) in [6.45, 7) is 5.69. The van der Waals surface area contributed by atoms with Gasteiger partial charge in [-0.2, -0.15) is 18.3 Å². The number of aryl methyl sites for hydroxylation is 1. The fourth-order valence-electron chi connectivity index (χ4n) is 6.59. The largest absolute Gasteiger partial charge is 0.453 e. The first-order chi connectivity index (χ1) is 23.4. The van der Waals surface area contributed by atoms with Crippen molar-refractivity contribution in [3.63, 3.8) is 0 Å². The van der Waals surface area contributed by atoms with E-state index in [2.05, 4.69) is 25.3 Å². The number of aromatic nitrogens is 4. The molecule has 1 fully saturated rings. The third-order valence-corrected chi connectivity index (χ3v) is 9.25. The van der Waals surface area contributed by atoms with Gasteiger partial charge in [0.1, 0.15) is 11.4 Å². The molecule has 0 aliphatic carbocycles. The van der Waals surface area contributed by atoms with Gasteiger partial charge in [-0.25, -0.2) is 14.2 Å². The number of pyridine rings is 1. The van der Waals surface area contributed by atoms with Crippen LogP contribution in [0, 0.1) is 5.82 Å². The maximum Gasteiger partial charge on any atom is 0.416 e. The van der Waals surface area contributed by atoms with Gasteiger partial charge >= 0.3 is 12.2 Å². The average molecular weight is 677 g/mol. The monoisotopic (exact) mass is 676 g/mol. The van der Waals surface area contributed by atoms with Crippen LogP contribution >= 0.6 is 0 Å². The maximum atomic E-state index is 15.1. The van der Waals surface area contributed by atoms with Crippen molar-refractivity contribution in [2.45, 2.75) is 32.1 Å². The Labute approximate surface area is 280 Å². The molecule has 10 nitrogen and oxygen atoms in total. The highest BCUT2D eigenvalue weighted by molar-refractivity contribution is 5.90. The van der Waals surface area contributed by atoms with E-state index in [0.29, 0.717) is 42.1 Å². The van der Waals surface area contributed by atoms with E-state index in [0.717, 1.165) is 42.0 Å². The number of amides is 2. The quantitative estimate of drug-likeness (QED) is 0.192. The van der Waals surface area contributed by atoms with Gasteiger partial charge in [-0.1, -0.05) is 19.1 Å². The summed E-state index contributed by atoms with van der Waals surface area (Å²) in [5.41, 5.74) is 3.26. The number of nitrogens with zero attached hydrogens (tertiary/aromatic N) is 6. The first-order valence-electron chi connectivity index (χ1n) is 16.0. The number of benzene rings is 2. The first-order valence-corrected chi connectivity index (χ1v) is 16.0. The molecule has 0 bridgehead atoms. The number of ether oxygens (including phenoxy) is 1.